The molecule has 100 valence electrons. The van der Waals surface area contributed by atoms with Crippen molar-refractivity contribution in [1.82, 2.24) is 24.1 Å². The van der Waals surface area contributed by atoms with Gasteiger partial charge in [-0.1, -0.05) is 6.07 Å². The molecule has 4 rings (SSSR count). The first-order valence-electron chi connectivity index (χ1n) is 5.90. The zero-order chi connectivity index (χ0) is 13.5. The number of nitrogens with one attached hydrogen (secondary N) is 1. The fourth-order valence-electron chi connectivity index (χ4n) is 1.98. The van der Waals surface area contributed by atoms with Crippen LogP contribution in [0.4, 0.5) is 0 Å². The molecule has 0 spiro atoms. The van der Waals surface area contributed by atoms with Crippen molar-refractivity contribution in [2.24, 2.45) is 0 Å². The number of ether oxygens (including phenoxy) is 2. The summed E-state index contributed by atoms with van der Waals surface area (Å²) in [5.74, 6) is 1.04. The van der Waals surface area contributed by atoms with E-state index in [1.165, 1.54) is 10.9 Å². The van der Waals surface area contributed by atoms with Crippen molar-refractivity contribution in [2.75, 3.05) is 6.79 Å². The number of imidazole rings is 1. The lowest BCUT2D eigenvalue weighted by molar-refractivity contribution is 0.0950. The van der Waals surface area contributed by atoms with Crippen molar-refractivity contribution in [1.29, 1.82) is 0 Å². The van der Waals surface area contributed by atoms with E-state index < -0.39 is 0 Å². The van der Waals surface area contributed by atoms with E-state index in [1.54, 1.807) is 0 Å². The lowest BCUT2D eigenvalue weighted by atomic mass is 10.5. The van der Waals surface area contributed by atoms with Crippen molar-refractivity contribution in [2.45, 2.75) is 0 Å². The fraction of sp³-hybridized carbons (Fsp3) is 0.0833. The largest absolute Gasteiger partial charge is 0.459 e. The third kappa shape index (κ3) is 1.69. The Hall–Kier alpha value is -2.61. The van der Waals surface area contributed by atoms with Crippen LogP contribution >= 0.6 is 12.2 Å². The van der Waals surface area contributed by atoms with Gasteiger partial charge >= 0.3 is 0 Å². The molecule has 3 aromatic heterocycles. The first-order chi connectivity index (χ1) is 9.81. The van der Waals surface area contributed by atoms with E-state index in [-0.39, 0.29) is 6.79 Å². The van der Waals surface area contributed by atoms with Gasteiger partial charge in [-0.05, 0) is 24.4 Å². The van der Waals surface area contributed by atoms with E-state index in [1.807, 2.05) is 35.0 Å². The van der Waals surface area contributed by atoms with Crippen molar-refractivity contribution in [3.05, 3.63) is 41.6 Å². The van der Waals surface area contributed by atoms with Crippen LogP contribution in [0.1, 0.15) is 0 Å². The fourth-order valence-corrected chi connectivity index (χ4v) is 2.21. The molecule has 0 saturated heterocycles. The van der Waals surface area contributed by atoms with E-state index in [2.05, 4.69) is 15.1 Å². The van der Waals surface area contributed by atoms with E-state index >= 15 is 0 Å². The molecular formula is C12H9N5O2S. The molecule has 20 heavy (non-hydrogen) atoms. The molecule has 0 saturated carbocycles. The Balaban J connectivity index is 1.82. The standard InChI is InChI=1S/C12H9N5O2S/c20-12-14-11(15-17(12)10-6-18-7-19-10)8-5-16-4-2-1-3-9(16)13-8/h1-6H,7H2,(H,14,15,20). The summed E-state index contributed by atoms with van der Waals surface area (Å²) in [6.07, 6.45) is 5.28. The number of hydrogen-bond donors (Lipinski definition) is 1. The number of rotatable bonds is 2. The van der Waals surface area contributed by atoms with Crippen LogP contribution in [0.5, 0.6) is 0 Å². The van der Waals surface area contributed by atoms with Crippen LogP contribution in [-0.2, 0) is 9.47 Å². The molecule has 0 unspecified atom stereocenters. The summed E-state index contributed by atoms with van der Waals surface area (Å²) >= 11 is 5.22. The van der Waals surface area contributed by atoms with Crippen LogP contribution in [0.2, 0.25) is 0 Å². The summed E-state index contributed by atoms with van der Waals surface area (Å²) in [6.45, 7) is 0.174. The molecule has 0 fully saturated rings. The first kappa shape index (κ1) is 11.2. The van der Waals surface area contributed by atoms with Crippen molar-refractivity contribution < 1.29 is 9.47 Å². The molecule has 0 amide bonds. The molecule has 1 aliphatic heterocycles. The monoisotopic (exact) mass is 287 g/mol. The third-order valence-corrected chi connectivity index (χ3v) is 3.17. The van der Waals surface area contributed by atoms with E-state index in [0.717, 1.165) is 5.65 Å². The Kier molecular flexibility index (Phi) is 2.36. The number of fused-ring (bicyclic) bond motifs is 1. The smallest absolute Gasteiger partial charge is 0.256 e. The molecule has 4 heterocycles. The Morgan fingerprint density at radius 3 is 3.10 bits per heavy atom. The van der Waals surface area contributed by atoms with Gasteiger partial charge in [-0.25, -0.2) is 4.98 Å². The number of pyridine rings is 1. The molecule has 0 aromatic carbocycles. The molecule has 8 heteroatoms. The average molecular weight is 287 g/mol. The predicted molar refractivity (Wildman–Crippen MR) is 72.9 cm³/mol. The van der Waals surface area contributed by atoms with Crippen LogP contribution in [0, 0.1) is 4.77 Å². The second-order valence-electron chi connectivity index (χ2n) is 4.17. The minimum Gasteiger partial charge on any atom is -0.459 e. The lowest BCUT2D eigenvalue weighted by Crippen LogP contribution is -1.99. The van der Waals surface area contributed by atoms with Crippen LogP contribution in [0.3, 0.4) is 0 Å². The second-order valence-corrected chi connectivity index (χ2v) is 4.55. The van der Waals surface area contributed by atoms with Gasteiger partial charge < -0.3 is 18.9 Å². The van der Waals surface area contributed by atoms with Gasteiger partial charge in [-0.15, -0.1) is 5.10 Å². The van der Waals surface area contributed by atoms with Gasteiger partial charge in [-0.2, -0.15) is 4.68 Å². The molecule has 7 nitrogen and oxygen atoms in total. The van der Waals surface area contributed by atoms with Crippen molar-refractivity contribution in [3.8, 4) is 11.5 Å². The molecule has 3 aromatic rings. The Morgan fingerprint density at radius 2 is 2.30 bits per heavy atom. The molecule has 1 N–H and O–H groups in total. The van der Waals surface area contributed by atoms with Crippen LogP contribution in [-0.4, -0.2) is 30.9 Å². The quantitative estimate of drug-likeness (QED) is 0.730. The Morgan fingerprint density at radius 1 is 1.35 bits per heavy atom. The summed E-state index contributed by atoms with van der Waals surface area (Å²) in [5, 5.41) is 4.37. The summed E-state index contributed by atoms with van der Waals surface area (Å²) in [4.78, 5) is 7.50. The maximum atomic E-state index is 5.26. The maximum Gasteiger partial charge on any atom is 0.256 e. The van der Waals surface area contributed by atoms with Gasteiger partial charge in [0.1, 0.15) is 17.6 Å². The lowest BCUT2D eigenvalue weighted by Gasteiger charge is -1.97. The SMILES string of the molecule is S=c1[nH]c(-c2cn3ccccc3n2)nn1C1=COCO1. The normalized spacial score (nSPS) is 14.1. The minimum absolute atomic E-state index is 0.174. The third-order valence-electron chi connectivity index (χ3n) is 2.89. The zero-order valence-corrected chi connectivity index (χ0v) is 11.0. The molecule has 0 bridgehead atoms. The maximum absolute atomic E-state index is 5.26. The predicted octanol–water partition coefficient (Wildman–Crippen LogP) is 2.02. The van der Waals surface area contributed by atoms with Crippen molar-refractivity contribution >= 4 is 23.7 Å². The van der Waals surface area contributed by atoms with Crippen LogP contribution < -0.4 is 0 Å². The first-order valence-corrected chi connectivity index (χ1v) is 6.30. The van der Waals surface area contributed by atoms with Gasteiger partial charge in [0.15, 0.2) is 5.82 Å². The van der Waals surface area contributed by atoms with Crippen LogP contribution in [0.15, 0.2) is 36.9 Å². The van der Waals surface area contributed by atoms with Gasteiger partial charge in [0, 0.05) is 12.4 Å². The van der Waals surface area contributed by atoms with E-state index in [9.17, 15) is 0 Å². The Labute approximate surface area is 118 Å². The van der Waals surface area contributed by atoms with Gasteiger partial charge in [0.25, 0.3) is 5.88 Å². The van der Waals surface area contributed by atoms with Gasteiger partial charge in [-0.3, -0.25) is 0 Å². The van der Waals surface area contributed by atoms with Gasteiger partial charge in [0.05, 0.1) is 0 Å². The molecule has 0 radical (unpaired) electrons. The topological polar surface area (TPSA) is 69.4 Å². The summed E-state index contributed by atoms with van der Waals surface area (Å²) in [6, 6.07) is 5.79. The minimum atomic E-state index is 0.174. The highest BCUT2D eigenvalue weighted by atomic mass is 32.1. The van der Waals surface area contributed by atoms with E-state index in [0.29, 0.717) is 22.2 Å². The highest BCUT2D eigenvalue weighted by molar-refractivity contribution is 7.71. The summed E-state index contributed by atoms with van der Waals surface area (Å²) < 4.78 is 14.1. The second kappa shape index (κ2) is 4.20. The summed E-state index contributed by atoms with van der Waals surface area (Å²) in [5.41, 5.74) is 1.55. The number of nitrogens with zero attached hydrogens (tertiary/aromatic N) is 4. The highest BCUT2D eigenvalue weighted by Gasteiger charge is 2.15. The summed E-state index contributed by atoms with van der Waals surface area (Å²) in [7, 11) is 0. The number of hydrogen-bond acceptors (Lipinski definition) is 5. The molecule has 1 aliphatic rings. The van der Waals surface area contributed by atoms with Gasteiger partial charge in [0.2, 0.25) is 11.6 Å². The zero-order valence-electron chi connectivity index (χ0n) is 10.2. The highest BCUT2D eigenvalue weighted by Crippen LogP contribution is 2.18. The number of H-pyrrole nitrogens is 1. The van der Waals surface area contributed by atoms with E-state index in [4.69, 9.17) is 21.7 Å². The number of aromatic nitrogens is 5. The number of aromatic amines is 1. The Bertz CT molecular complexity index is 842. The molecule has 0 atom stereocenters. The van der Waals surface area contributed by atoms with Crippen LogP contribution in [0.25, 0.3) is 23.0 Å². The molecular weight excluding hydrogens is 278 g/mol. The molecule has 0 aliphatic carbocycles. The van der Waals surface area contributed by atoms with Crippen molar-refractivity contribution in [3.63, 3.8) is 0 Å². The average Bonchev–Trinajstić information content (AvgIpc) is 3.16.